The first-order valence-electron chi connectivity index (χ1n) is 12.7. The van der Waals surface area contributed by atoms with Crippen LogP contribution in [0.1, 0.15) is 54.4 Å². The van der Waals surface area contributed by atoms with Crippen molar-refractivity contribution in [3.05, 3.63) is 64.8 Å². The molecular weight excluding hydrogens is 456 g/mol. The van der Waals surface area contributed by atoms with Crippen LogP contribution in [0.5, 0.6) is 17.2 Å². The van der Waals surface area contributed by atoms with Gasteiger partial charge in [0.15, 0.2) is 11.5 Å². The molecule has 0 saturated carbocycles. The number of rotatable bonds is 11. The Hall–Kier alpha value is -3.68. The van der Waals surface area contributed by atoms with Gasteiger partial charge in [-0.1, -0.05) is 12.1 Å². The minimum absolute atomic E-state index is 0.127. The van der Waals surface area contributed by atoms with E-state index in [1.807, 2.05) is 64.1 Å². The number of fused-ring (bicyclic) bond motifs is 1. The van der Waals surface area contributed by atoms with Crippen molar-refractivity contribution in [1.29, 1.82) is 0 Å². The van der Waals surface area contributed by atoms with Gasteiger partial charge in [-0.25, -0.2) is 4.68 Å². The summed E-state index contributed by atoms with van der Waals surface area (Å²) in [6.45, 7) is 12.4. The number of hydrogen-bond acceptors (Lipinski definition) is 6. The molecule has 3 aromatic rings. The van der Waals surface area contributed by atoms with Crippen molar-refractivity contribution in [2.24, 2.45) is 0 Å². The number of carbonyl (C=O) groups excluding carboxylic acids is 1. The second-order valence-corrected chi connectivity index (χ2v) is 8.74. The van der Waals surface area contributed by atoms with Crippen molar-refractivity contribution in [1.82, 2.24) is 15.1 Å². The van der Waals surface area contributed by atoms with E-state index in [2.05, 4.69) is 26.1 Å². The van der Waals surface area contributed by atoms with Gasteiger partial charge in [0.2, 0.25) is 5.75 Å². The van der Waals surface area contributed by atoms with Crippen LogP contribution in [0.15, 0.2) is 42.5 Å². The van der Waals surface area contributed by atoms with Crippen molar-refractivity contribution in [2.75, 3.05) is 31.3 Å². The number of nitrogens with one attached hydrogen (secondary N) is 1. The maximum atomic E-state index is 12.9. The molecular formula is C28H36N4O4. The molecule has 0 aliphatic carbocycles. The average Bonchev–Trinajstić information content (AvgIpc) is 3.26. The molecule has 0 fully saturated rings. The highest BCUT2D eigenvalue weighted by Gasteiger charge is 2.19. The number of aryl methyl sites for hydroxylation is 2. The zero-order chi connectivity index (χ0) is 25.5. The van der Waals surface area contributed by atoms with E-state index in [0.29, 0.717) is 49.2 Å². The quantitative estimate of drug-likeness (QED) is 0.417. The molecule has 0 spiro atoms. The zero-order valence-electron chi connectivity index (χ0n) is 21.7. The molecule has 4 rings (SSSR count). The number of nitrogens with zero attached hydrogens (tertiary/aromatic N) is 3. The molecule has 1 aliphatic rings. The van der Waals surface area contributed by atoms with Crippen molar-refractivity contribution in [3.63, 3.8) is 0 Å². The number of hydrogen-bond donors (Lipinski definition) is 1. The number of benzene rings is 2. The Morgan fingerprint density at radius 2 is 1.58 bits per heavy atom. The minimum Gasteiger partial charge on any atom is -0.490 e. The van der Waals surface area contributed by atoms with Gasteiger partial charge in [0.25, 0.3) is 5.91 Å². The lowest BCUT2D eigenvalue weighted by molar-refractivity contribution is 0.0950. The second kappa shape index (κ2) is 11.8. The van der Waals surface area contributed by atoms with Crippen LogP contribution >= 0.6 is 0 Å². The molecule has 1 amide bonds. The van der Waals surface area contributed by atoms with Crippen LogP contribution in [0, 0.1) is 6.92 Å². The highest BCUT2D eigenvalue weighted by atomic mass is 16.5. The van der Waals surface area contributed by atoms with Crippen LogP contribution in [0.2, 0.25) is 0 Å². The standard InChI is InChI=1S/C28H36N4O4/c1-5-34-24-16-22(17-25(35-6-2)27(24)36-7-3)18-29-28(33)23-11-9-21(10-12-23)19-31-13-8-14-32-26(31)15-20(4)30-32/h9-12,15-17H,5-8,13-14,18-19H2,1-4H3,(H,29,33). The summed E-state index contributed by atoms with van der Waals surface area (Å²) in [5.74, 6) is 2.87. The summed E-state index contributed by atoms with van der Waals surface area (Å²) < 4.78 is 19.4. The highest BCUT2D eigenvalue weighted by molar-refractivity contribution is 5.94. The molecule has 1 aromatic heterocycles. The third-order valence-electron chi connectivity index (χ3n) is 6.01. The van der Waals surface area contributed by atoms with Gasteiger partial charge in [-0.05, 0) is 69.5 Å². The molecule has 1 N–H and O–H groups in total. The molecule has 8 heteroatoms. The second-order valence-electron chi connectivity index (χ2n) is 8.74. The molecule has 0 bridgehead atoms. The molecule has 0 unspecified atom stereocenters. The van der Waals surface area contributed by atoms with Crippen LogP contribution in [0.3, 0.4) is 0 Å². The fourth-order valence-electron chi connectivity index (χ4n) is 4.45. The molecule has 0 atom stereocenters. The molecule has 8 nitrogen and oxygen atoms in total. The predicted octanol–water partition coefficient (Wildman–Crippen LogP) is 4.73. The lowest BCUT2D eigenvalue weighted by Crippen LogP contribution is -2.31. The Balaban J connectivity index is 1.41. The highest BCUT2D eigenvalue weighted by Crippen LogP contribution is 2.39. The molecule has 0 radical (unpaired) electrons. The van der Waals surface area contributed by atoms with Crippen LogP contribution in [-0.2, 0) is 19.6 Å². The van der Waals surface area contributed by atoms with E-state index in [-0.39, 0.29) is 5.91 Å². The molecule has 0 saturated heterocycles. The van der Waals surface area contributed by atoms with E-state index in [1.165, 1.54) is 0 Å². The van der Waals surface area contributed by atoms with E-state index in [9.17, 15) is 4.79 Å². The van der Waals surface area contributed by atoms with E-state index in [0.717, 1.165) is 48.7 Å². The molecule has 192 valence electrons. The first-order valence-corrected chi connectivity index (χ1v) is 12.7. The first kappa shape index (κ1) is 25.4. The molecule has 1 aliphatic heterocycles. The summed E-state index contributed by atoms with van der Waals surface area (Å²) in [6.07, 6.45) is 1.08. The predicted molar refractivity (Wildman–Crippen MR) is 140 cm³/mol. The summed E-state index contributed by atoms with van der Waals surface area (Å²) in [5.41, 5.74) is 3.71. The normalized spacial score (nSPS) is 12.7. The SMILES string of the molecule is CCOc1cc(CNC(=O)c2ccc(CN3CCCn4nc(C)cc43)cc2)cc(OCC)c1OCC. The average molecular weight is 493 g/mol. The Labute approximate surface area is 213 Å². The van der Waals surface area contributed by atoms with Gasteiger partial charge in [-0.3, -0.25) is 4.79 Å². The van der Waals surface area contributed by atoms with Gasteiger partial charge in [-0.2, -0.15) is 5.10 Å². The van der Waals surface area contributed by atoms with Crippen molar-refractivity contribution >= 4 is 11.7 Å². The van der Waals surface area contributed by atoms with Gasteiger partial charge in [0.1, 0.15) is 5.82 Å². The van der Waals surface area contributed by atoms with E-state index in [1.54, 1.807) is 0 Å². The smallest absolute Gasteiger partial charge is 0.251 e. The van der Waals surface area contributed by atoms with Crippen molar-refractivity contribution in [2.45, 2.75) is 53.8 Å². The monoisotopic (exact) mass is 492 g/mol. The van der Waals surface area contributed by atoms with E-state index in [4.69, 9.17) is 14.2 Å². The number of carbonyl (C=O) groups is 1. The fraction of sp³-hybridized carbons (Fsp3) is 0.429. The van der Waals surface area contributed by atoms with E-state index >= 15 is 0 Å². The molecule has 2 aromatic carbocycles. The van der Waals surface area contributed by atoms with Crippen molar-refractivity contribution < 1.29 is 19.0 Å². The Morgan fingerprint density at radius 3 is 2.22 bits per heavy atom. The largest absolute Gasteiger partial charge is 0.490 e. The summed E-state index contributed by atoms with van der Waals surface area (Å²) >= 11 is 0. The van der Waals surface area contributed by atoms with Crippen LogP contribution in [-0.4, -0.2) is 42.1 Å². The Morgan fingerprint density at radius 1 is 0.917 bits per heavy atom. The van der Waals surface area contributed by atoms with Gasteiger partial charge >= 0.3 is 0 Å². The number of anilines is 1. The maximum Gasteiger partial charge on any atom is 0.251 e. The summed E-state index contributed by atoms with van der Waals surface area (Å²) in [5, 5.41) is 7.58. The Bertz CT molecular complexity index is 1150. The third-order valence-corrected chi connectivity index (χ3v) is 6.01. The van der Waals surface area contributed by atoms with Gasteiger partial charge in [0.05, 0.1) is 25.5 Å². The van der Waals surface area contributed by atoms with Gasteiger partial charge in [0, 0.05) is 37.8 Å². The zero-order valence-corrected chi connectivity index (χ0v) is 21.7. The maximum absolute atomic E-state index is 12.9. The van der Waals surface area contributed by atoms with Crippen LogP contribution < -0.4 is 24.4 Å². The van der Waals surface area contributed by atoms with Crippen LogP contribution in [0.25, 0.3) is 0 Å². The Kier molecular flexibility index (Phi) is 8.36. The number of aromatic nitrogens is 2. The molecule has 2 heterocycles. The van der Waals surface area contributed by atoms with Crippen LogP contribution in [0.4, 0.5) is 5.82 Å². The summed E-state index contributed by atoms with van der Waals surface area (Å²) in [4.78, 5) is 15.2. The summed E-state index contributed by atoms with van der Waals surface area (Å²) in [7, 11) is 0. The molecule has 36 heavy (non-hydrogen) atoms. The van der Waals surface area contributed by atoms with Gasteiger partial charge in [-0.15, -0.1) is 0 Å². The minimum atomic E-state index is -0.127. The lowest BCUT2D eigenvalue weighted by atomic mass is 10.1. The fourth-order valence-corrected chi connectivity index (χ4v) is 4.45. The third kappa shape index (κ3) is 5.93. The van der Waals surface area contributed by atoms with Crippen molar-refractivity contribution in [3.8, 4) is 17.2 Å². The van der Waals surface area contributed by atoms with E-state index < -0.39 is 0 Å². The topological polar surface area (TPSA) is 77.9 Å². The summed E-state index contributed by atoms with van der Waals surface area (Å²) in [6, 6.07) is 13.7. The first-order chi connectivity index (χ1) is 17.5. The number of amides is 1. The van der Waals surface area contributed by atoms with Gasteiger partial charge < -0.3 is 24.4 Å². The lowest BCUT2D eigenvalue weighted by Gasteiger charge is -2.29. The number of ether oxygens (including phenoxy) is 3.